The average Bonchev–Trinajstić information content (AvgIpc) is 3.08. The van der Waals surface area contributed by atoms with Gasteiger partial charge in [-0.1, -0.05) is 36.4 Å². The van der Waals surface area contributed by atoms with Gasteiger partial charge < -0.3 is 15.1 Å². The van der Waals surface area contributed by atoms with Gasteiger partial charge in [0.2, 0.25) is 11.8 Å². The summed E-state index contributed by atoms with van der Waals surface area (Å²) in [4.78, 5) is 29.3. The molecule has 0 saturated carbocycles. The molecule has 2 aliphatic rings. The zero-order valence-electron chi connectivity index (χ0n) is 15.1. The summed E-state index contributed by atoms with van der Waals surface area (Å²) < 4.78 is 0. The molecule has 2 saturated heterocycles. The van der Waals surface area contributed by atoms with Gasteiger partial charge in [-0.25, -0.2) is 0 Å². The number of nitrogens with zero attached hydrogens (tertiary/aromatic N) is 2. The third-order valence-corrected chi connectivity index (χ3v) is 5.74. The molecule has 1 atom stereocenters. The van der Waals surface area contributed by atoms with E-state index in [0.29, 0.717) is 13.0 Å². The summed E-state index contributed by atoms with van der Waals surface area (Å²) in [5.74, 6) is -0.104. The Morgan fingerprint density at radius 1 is 1.12 bits per heavy atom. The SMILES string of the molecule is CN(C(=O)C1CC(=O)N(c2cccc3ccccc23)C1)C1CCNCC1. The average molecular weight is 351 g/mol. The highest BCUT2D eigenvalue weighted by atomic mass is 16.2. The number of fused-ring (bicyclic) bond motifs is 1. The molecule has 1 N–H and O–H groups in total. The monoisotopic (exact) mass is 351 g/mol. The van der Waals surface area contributed by atoms with Crippen LogP contribution in [0.1, 0.15) is 19.3 Å². The van der Waals surface area contributed by atoms with Gasteiger partial charge in [-0.15, -0.1) is 0 Å². The fourth-order valence-corrected chi connectivity index (χ4v) is 4.21. The van der Waals surface area contributed by atoms with Crippen molar-refractivity contribution in [1.82, 2.24) is 10.2 Å². The molecule has 2 aliphatic heterocycles. The highest BCUT2D eigenvalue weighted by Crippen LogP contribution is 2.32. The fourth-order valence-electron chi connectivity index (χ4n) is 4.21. The molecule has 2 fully saturated rings. The Hall–Kier alpha value is -2.40. The first-order valence-electron chi connectivity index (χ1n) is 9.40. The van der Waals surface area contributed by atoms with Gasteiger partial charge in [0.15, 0.2) is 0 Å². The normalized spacial score (nSPS) is 21.3. The zero-order chi connectivity index (χ0) is 18.1. The van der Waals surface area contributed by atoms with Crippen molar-refractivity contribution in [3.8, 4) is 0 Å². The topological polar surface area (TPSA) is 52.7 Å². The van der Waals surface area contributed by atoms with Gasteiger partial charge in [0.1, 0.15) is 0 Å². The van der Waals surface area contributed by atoms with Gasteiger partial charge in [-0.3, -0.25) is 9.59 Å². The van der Waals surface area contributed by atoms with Gasteiger partial charge in [0, 0.05) is 31.4 Å². The van der Waals surface area contributed by atoms with Gasteiger partial charge in [0.25, 0.3) is 0 Å². The second-order valence-electron chi connectivity index (χ2n) is 7.33. The second kappa shape index (κ2) is 7.08. The zero-order valence-corrected chi connectivity index (χ0v) is 15.1. The van der Waals surface area contributed by atoms with Crippen LogP contribution in [0.5, 0.6) is 0 Å². The van der Waals surface area contributed by atoms with Crippen molar-refractivity contribution >= 4 is 28.3 Å². The molecule has 5 nitrogen and oxygen atoms in total. The molecule has 1 unspecified atom stereocenters. The van der Waals surface area contributed by atoms with Crippen molar-refractivity contribution in [2.75, 3.05) is 31.6 Å². The molecule has 0 radical (unpaired) electrons. The van der Waals surface area contributed by atoms with E-state index in [0.717, 1.165) is 42.4 Å². The summed E-state index contributed by atoms with van der Waals surface area (Å²) in [7, 11) is 1.89. The van der Waals surface area contributed by atoms with Gasteiger partial charge in [-0.05, 0) is 37.4 Å². The molecule has 2 heterocycles. The van der Waals surface area contributed by atoms with E-state index in [9.17, 15) is 9.59 Å². The molecule has 26 heavy (non-hydrogen) atoms. The largest absolute Gasteiger partial charge is 0.342 e. The van der Waals surface area contributed by atoms with Crippen LogP contribution in [0.15, 0.2) is 42.5 Å². The molecule has 2 aromatic rings. The fraction of sp³-hybridized carbons (Fsp3) is 0.429. The van der Waals surface area contributed by atoms with E-state index >= 15 is 0 Å². The molecule has 0 spiro atoms. The molecule has 136 valence electrons. The van der Waals surface area contributed by atoms with E-state index in [-0.39, 0.29) is 23.8 Å². The summed E-state index contributed by atoms with van der Waals surface area (Å²) in [6.45, 7) is 2.38. The van der Waals surface area contributed by atoms with Crippen LogP contribution in [-0.4, -0.2) is 49.4 Å². The Balaban J connectivity index is 1.54. The maximum Gasteiger partial charge on any atom is 0.228 e. The van der Waals surface area contributed by atoms with Crippen LogP contribution in [0.25, 0.3) is 10.8 Å². The Bertz CT molecular complexity index is 824. The van der Waals surface area contributed by atoms with Crippen molar-refractivity contribution in [2.24, 2.45) is 5.92 Å². The first-order valence-corrected chi connectivity index (χ1v) is 9.40. The standard InChI is InChI=1S/C21H25N3O2/c1-23(17-9-11-22-12-10-17)21(26)16-13-20(25)24(14-16)19-8-4-6-15-5-2-3-7-18(15)19/h2-8,16-17,22H,9-14H2,1H3. The molecular formula is C21H25N3O2. The molecule has 4 rings (SSSR count). The van der Waals surface area contributed by atoms with Gasteiger partial charge >= 0.3 is 0 Å². The van der Waals surface area contributed by atoms with E-state index < -0.39 is 0 Å². The Morgan fingerprint density at radius 3 is 2.65 bits per heavy atom. The van der Waals surface area contributed by atoms with Gasteiger partial charge in [0.05, 0.1) is 11.6 Å². The van der Waals surface area contributed by atoms with Crippen molar-refractivity contribution in [3.05, 3.63) is 42.5 Å². The molecule has 0 aromatic heterocycles. The lowest BCUT2D eigenvalue weighted by molar-refractivity contribution is -0.137. The number of amides is 2. The van der Waals surface area contributed by atoms with E-state index in [1.54, 1.807) is 4.90 Å². The predicted octanol–water partition coefficient (Wildman–Crippen LogP) is 2.40. The van der Waals surface area contributed by atoms with Crippen molar-refractivity contribution in [1.29, 1.82) is 0 Å². The van der Waals surface area contributed by atoms with Crippen LogP contribution < -0.4 is 10.2 Å². The van der Waals surface area contributed by atoms with Crippen molar-refractivity contribution < 1.29 is 9.59 Å². The van der Waals surface area contributed by atoms with Crippen molar-refractivity contribution in [3.63, 3.8) is 0 Å². The van der Waals surface area contributed by atoms with E-state index in [2.05, 4.69) is 5.32 Å². The van der Waals surface area contributed by atoms with Crippen LogP contribution >= 0.6 is 0 Å². The molecule has 0 bridgehead atoms. The number of nitrogens with one attached hydrogen (secondary N) is 1. The summed E-state index contributed by atoms with van der Waals surface area (Å²) in [5, 5.41) is 5.50. The maximum atomic E-state index is 13.0. The van der Waals surface area contributed by atoms with Crippen molar-refractivity contribution in [2.45, 2.75) is 25.3 Å². The number of piperidine rings is 1. The van der Waals surface area contributed by atoms with Crippen LogP contribution in [0.2, 0.25) is 0 Å². The van der Waals surface area contributed by atoms with E-state index in [4.69, 9.17) is 0 Å². The summed E-state index contributed by atoms with van der Waals surface area (Å²) >= 11 is 0. The molecule has 5 heteroatoms. The highest BCUT2D eigenvalue weighted by Gasteiger charge is 2.38. The van der Waals surface area contributed by atoms with Gasteiger partial charge in [-0.2, -0.15) is 0 Å². The summed E-state index contributed by atoms with van der Waals surface area (Å²) in [5.41, 5.74) is 0.910. The first kappa shape index (κ1) is 17.0. The van der Waals surface area contributed by atoms with Crippen LogP contribution in [0.3, 0.4) is 0 Å². The third-order valence-electron chi connectivity index (χ3n) is 5.74. The molecular weight excluding hydrogens is 326 g/mol. The van der Waals surface area contributed by atoms with Crippen LogP contribution in [0, 0.1) is 5.92 Å². The van der Waals surface area contributed by atoms with Crippen LogP contribution in [-0.2, 0) is 9.59 Å². The maximum absolute atomic E-state index is 13.0. The lowest BCUT2D eigenvalue weighted by atomic mass is 10.0. The number of benzene rings is 2. The minimum Gasteiger partial charge on any atom is -0.342 e. The molecule has 2 aromatic carbocycles. The number of anilines is 1. The smallest absolute Gasteiger partial charge is 0.228 e. The third kappa shape index (κ3) is 3.07. The quantitative estimate of drug-likeness (QED) is 0.924. The number of carbonyl (C=O) groups is 2. The second-order valence-corrected chi connectivity index (χ2v) is 7.33. The van der Waals surface area contributed by atoms with E-state index in [1.165, 1.54) is 0 Å². The molecule has 0 aliphatic carbocycles. The lowest BCUT2D eigenvalue weighted by Gasteiger charge is -2.33. The lowest BCUT2D eigenvalue weighted by Crippen LogP contribution is -2.46. The number of hydrogen-bond donors (Lipinski definition) is 1. The Kier molecular flexibility index (Phi) is 4.64. The Morgan fingerprint density at radius 2 is 1.85 bits per heavy atom. The number of carbonyl (C=O) groups excluding carboxylic acids is 2. The summed E-state index contributed by atoms with van der Waals surface area (Å²) in [6, 6.07) is 14.3. The minimum absolute atomic E-state index is 0.0402. The molecule has 2 amide bonds. The number of rotatable bonds is 3. The Labute approximate surface area is 154 Å². The van der Waals surface area contributed by atoms with Crippen LogP contribution in [0.4, 0.5) is 5.69 Å². The van der Waals surface area contributed by atoms with E-state index in [1.807, 2.05) is 54.4 Å². The first-order chi connectivity index (χ1) is 12.6. The number of hydrogen-bond acceptors (Lipinski definition) is 3. The highest BCUT2D eigenvalue weighted by molar-refractivity contribution is 6.06. The minimum atomic E-state index is -0.249. The summed E-state index contributed by atoms with van der Waals surface area (Å²) in [6.07, 6.45) is 2.27. The predicted molar refractivity (Wildman–Crippen MR) is 103 cm³/mol.